The summed E-state index contributed by atoms with van der Waals surface area (Å²) >= 11 is 0. The number of nitrogens with one attached hydrogen (secondary N) is 1. The molecule has 0 spiro atoms. The molecule has 2 heterocycles. The van der Waals surface area contributed by atoms with Crippen molar-refractivity contribution in [3.63, 3.8) is 0 Å². The van der Waals surface area contributed by atoms with Gasteiger partial charge in [-0.1, -0.05) is 48.5 Å². The first-order chi connectivity index (χ1) is 12.7. The van der Waals surface area contributed by atoms with Crippen molar-refractivity contribution in [3.8, 4) is 11.3 Å². The van der Waals surface area contributed by atoms with Crippen molar-refractivity contribution in [1.82, 2.24) is 9.97 Å². The van der Waals surface area contributed by atoms with Gasteiger partial charge in [0.2, 0.25) is 0 Å². The van der Waals surface area contributed by atoms with Crippen LogP contribution in [-0.2, 0) is 4.74 Å². The molecule has 2 aromatic heterocycles. The van der Waals surface area contributed by atoms with E-state index in [-0.39, 0.29) is 12.2 Å². The Bertz CT molecular complexity index is 1180. The highest BCUT2D eigenvalue weighted by molar-refractivity contribution is 6.14. The molecule has 5 nitrogen and oxygen atoms in total. The average molecular weight is 344 g/mol. The Morgan fingerprint density at radius 1 is 1.04 bits per heavy atom. The van der Waals surface area contributed by atoms with Crippen LogP contribution < -0.4 is 5.56 Å². The molecule has 0 fully saturated rings. The number of benzene rings is 2. The molecule has 0 aliphatic rings. The predicted octanol–water partition coefficient (Wildman–Crippen LogP) is 3.92. The summed E-state index contributed by atoms with van der Waals surface area (Å²) in [5, 5.41) is 1.79. The summed E-state index contributed by atoms with van der Waals surface area (Å²) in [7, 11) is 0. The van der Waals surface area contributed by atoms with Crippen molar-refractivity contribution in [3.05, 3.63) is 76.6 Å². The van der Waals surface area contributed by atoms with Crippen molar-refractivity contribution in [2.45, 2.75) is 6.92 Å². The number of nitrogens with zero attached hydrogens (tertiary/aromatic N) is 1. The monoisotopic (exact) mass is 344 g/mol. The van der Waals surface area contributed by atoms with Crippen LogP contribution in [0.1, 0.15) is 17.3 Å². The number of aromatic nitrogens is 2. The lowest BCUT2D eigenvalue weighted by atomic mass is 10.0. The zero-order chi connectivity index (χ0) is 18.1. The van der Waals surface area contributed by atoms with Crippen molar-refractivity contribution >= 4 is 27.8 Å². The standard InChI is InChI=1S/C21H16N2O3/c1-2-26-21(25)16-12-17(13-8-4-3-5-9-13)22-19-18(16)14-10-6-7-11-15(14)20(24)23-19/h3-12H,2H2,1H3,(H,22,23,24). The second-order valence-corrected chi connectivity index (χ2v) is 5.86. The Labute approximate surface area is 149 Å². The number of hydrogen-bond donors (Lipinski definition) is 1. The lowest BCUT2D eigenvalue weighted by molar-refractivity contribution is 0.0528. The van der Waals surface area contributed by atoms with Crippen LogP contribution >= 0.6 is 0 Å². The maximum Gasteiger partial charge on any atom is 0.338 e. The summed E-state index contributed by atoms with van der Waals surface area (Å²) in [6.07, 6.45) is 0. The number of carbonyl (C=O) groups is 1. The lowest BCUT2D eigenvalue weighted by Crippen LogP contribution is -2.12. The van der Waals surface area contributed by atoms with Crippen LogP contribution in [0.25, 0.3) is 33.1 Å². The minimum atomic E-state index is -0.436. The fraction of sp³-hybridized carbons (Fsp3) is 0.0952. The van der Waals surface area contributed by atoms with Crippen LogP contribution in [0.4, 0.5) is 0 Å². The number of pyridine rings is 2. The van der Waals surface area contributed by atoms with Crippen LogP contribution in [0.15, 0.2) is 65.5 Å². The molecule has 2 aromatic carbocycles. The Hall–Kier alpha value is -3.47. The zero-order valence-electron chi connectivity index (χ0n) is 14.2. The molecule has 0 bridgehead atoms. The smallest absolute Gasteiger partial charge is 0.338 e. The van der Waals surface area contributed by atoms with Gasteiger partial charge < -0.3 is 9.72 Å². The van der Waals surface area contributed by atoms with Crippen LogP contribution in [0.5, 0.6) is 0 Å². The minimum Gasteiger partial charge on any atom is -0.462 e. The van der Waals surface area contributed by atoms with Crippen LogP contribution in [0.3, 0.4) is 0 Å². The molecule has 0 unspecified atom stereocenters. The Balaban J connectivity index is 2.12. The summed E-state index contributed by atoms with van der Waals surface area (Å²) < 4.78 is 5.25. The van der Waals surface area contributed by atoms with Gasteiger partial charge in [-0.15, -0.1) is 0 Å². The molecule has 0 saturated carbocycles. The largest absolute Gasteiger partial charge is 0.462 e. The van der Waals surface area contributed by atoms with E-state index in [9.17, 15) is 9.59 Å². The predicted molar refractivity (Wildman–Crippen MR) is 101 cm³/mol. The van der Waals surface area contributed by atoms with Gasteiger partial charge in [-0.05, 0) is 24.4 Å². The Morgan fingerprint density at radius 3 is 2.46 bits per heavy atom. The third-order valence-electron chi connectivity index (χ3n) is 4.26. The Morgan fingerprint density at radius 2 is 1.73 bits per heavy atom. The van der Waals surface area contributed by atoms with E-state index < -0.39 is 5.97 Å². The van der Waals surface area contributed by atoms with Crippen LogP contribution in [-0.4, -0.2) is 22.5 Å². The summed E-state index contributed by atoms with van der Waals surface area (Å²) in [4.78, 5) is 32.5. The van der Waals surface area contributed by atoms with Gasteiger partial charge in [-0.3, -0.25) is 4.79 Å². The normalized spacial score (nSPS) is 11.0. The van der Waals surface area contributed by atoms with Gasteiger partial charge in [-0.2, -0.15) is 0 Å². The zero-order valence-corrected chi connectivity index (χ0v) is 14.2. The number of H-pyrrole nitrogens is 1. The summed E-state index contributed by atoms with van der Waals surface area (Å²) in [5.74, 6) is -0.436. The molecular formula is C21H16N2O3. The van der Waals surface area contributed by atoms with Crippen LogP contribution in [0, 0.1) is 0 Å². The van der Waals surface area contributed by atoms with Gasteiger partial charge in [0.15, 0.2) is 0 Å². The SMILES string of the molecule is CCOC(=O)c1cc(-c2ccccc2)nc2[nH]c(=O)c3ccccc3c12. The number of hydrogen-bond acceptors (Lipinski definition) is 4. The van der Waals surface area contributed by atoms with Gasteiger partial charge in [0.1, 0.15) is 5.65 Å². The maximum absolute atomic E-state index is 12.6. The van der Waals surface area contributed by atoms with Gasteiger partial charge >= 0.3 is 5.97 Å². The number of esters is 1. The number of fused-ring (bicyclic) bond motifs is 3. The van der Waals surface area contributed by atoms with E-state index in [1.807, 2.05) is 42.5 Å². The first-order valence-electron chi connectivity index (χ1n) is 8.37. The molecule has 0 aliphatic carbocycles. The highest BCUT2D eigenvalue weighted by Crippen LogP contribution is 2.28. The van der Waals surface area contributed by atoms with Crippen molar-refractivity contribution in [1.29, 1.82) is 0 Å². The van der Waals surface area contributed by atoms with E-state index in [1.165, 1.54) is 0 Å². The molecule has 1 N–H and O–H groups in total. The van der Waals surface area contributed by atoms with E-state index in [1.54, 1.807) is 25.1 Å². The van der Waals surface area contributed by atoms with E-state index in [0.717, 1.165) is 5.56 Å². The lowest BCUT2D eigenvalue weighted by Gasteiger charge is -2.11. The second kappa shape index (κ2) is 6.44. The van der Waals surface area contributed by atoms with Crippen molar-refractivity contribution < 1.29 is 9.53 Å². The van der Waals surface area contributed by atoms with E-state index in [2.05, 4.69) is 9.97 Å². The van der Waals surface area contributed by atoms with E-state index in [0.29, 0.717) is 33.1 Å². The molecule has 5 heteroatoms. The molecule has 26 heavy (non-hydrogen) atoms. The molecule has 4 aromatic rings. The van der Waals surface area contributed by atoms with Crippen LogP contribution in [0.2, 0.25) is 0 Å². The summed E-state index contributed by atoms with van der Waals surface area (Å²) in [5.41, 5.74) is 1.99. The molecule has 0 radical (unpaired) electrons. The van der Waals surface area contributed by atoms with Gasteiger partial charge in [-0.25, -0.2) is 9.78 Å². The first-order valence-corrected chi connectivity index (χ1v) is 8.37. The maximum atomic E-state index is 12.6. The highest BCUT2D eigenvalue weighted by Gasteiger charge is 2.18. The van der Waals surface area contributed by atoms with Gasteiger partial charge in [0.05, 0.1) is 17.9 Å². The molecule has 128 valence electrons. The highest BCUT2D eigenvalue weighted by atomic mass is 16.5. The minimum absolute atomic E-state index is 0.236. The number of aromatic amines is 1. The molecule has 0 aliphatic heterocycles. The van der Waals surface area contributed by atoms with Crippen molar-refractivity contribution in [2.24, 2.45) is 0 Å². The van der Waals surface area contributed by atoms with E-state index >= 15 is 0 Å². The molecule has 0 atom stereocenters. The van der Waals surface area contributed by atoms with Crippen molar-refractivity contribution in [2.75, 3.05) is 6.61 Å². The van der Waals surface area contributed by atoms with E-state index in [4.69, 9.17) is 4.74 Å². The molecule has 4 rings (SSSR count). The molecule has 0 saturated heterocycles. The fourth-order valence-corrected chi connectivity index (χ4v) is 3.11. The number of carbonyl (C=O) groups excluding carboxylic acids is 1. The molecule has 0 amide bonds. The topological polar surface area (TPSA) is 72.0 Å². The fourth-order valence-electron chi connectivity index (χ4n) is 3.11. The quantitative estimate of drug-likeness (QED) is 0.452. The second-order valence-electron chi connectivity index (χ2n) is 5.86. The first kappa shape index (κ1) is 16.0. The summed E-state index contributed by atoms with van der Waals surface area (Å²) in [6.45, 7) is 2.03. The average Bonchev–Trinajstić information content (AvgIpc) is 2.68. The molecular weight excluding hydrogens is 328 g/mol. The number of rotatable bonds is 3. The summed E-state index contributed by atoms with van der Waals surface area (Å²) in [6, 6.07) is 18.4. The number of ether oxygens (including phenoxy) is 1. The Kier molecular flexibility index (Phi) is 3.97. The third-order valence-corrected chi connectivity index (χ3v) is 4.26. The van der Waals surface area contributed by atoms with Gasteiger partial charge in [0, 0.05) is 16.3 Å². The third kappa shape index (κ3) is 2.63. The van der Waals surface area contributed by atoms with Gasteiger partial charge in [0.25, 0.3) is 5.56 Å².